The molecule has 4 aliphatic rings. The predicted octanol–water partition coefficient (Wildman–Crippen LogP) is 6.43. The molecule has 0 aliphatic heterocycles. The van der Waals surface area contributed by atoms with Crippen molar-refractivity contribution < 1.29 is 9.59 Å². The zero-order valence-corrected chi connectivity index (χ0v) is 19.3. The first-order valence-corrected chi connectivity index (χ1v) is 12.6. The van der Waals surface area contributed by atoms with E-state index in [0.717, 1.165) is 17.2 Å². The molecule has 5 rings (SSSR count). The van der Waals surface area contributed by atoms with Crippen LogP contribution < -0.4 is 0 Å². The standard InChI is InChI=1S/C26H29ClO2S/c1-25-10-3-4-20(25)23-22(30-15-16-5-7-18(27)8-6-16)13-17-12-19(28)9-11-26(17,2)24(23)21(29)14-25/h5-9,11-12,20,22-24H,3-4,10,13-15H2,1-2H3/t20-,22+,23+,24-,25-,26-/m0/s1. The number of allylic oxidation sites excluding steroid dienone is 4. The highest BCUT2D eigenvalue weighted by molar-refractivity contribution is 7.99. The number of rotatable bonds is 3. The minimum atomic E-state index is -0.295. The van der Waals surface area contributed by atoms with Crippen LogP contribution in [0.5, 0.6) is 0 Å². The molecule has 0 bridgehead atoms. The molecule has 0 spiro atoms. The Morgan fingerprint density at radius 1 is 1.17 bits per heavy atom. The molecule has 158 valence electrons. The van der Waals surface area contributed by atoms with Crippen molar-refractivity contribution in [2.24, 2.45) is 28.6 Å². The average molecular weight is 441 g/mol. The molecule has 4 heteroatoms. The Labute approximate surface area is 188 Å². The monoisotopic (exact) mass is 440 g/mol. The number of carbonyl (C=O) groups is 2. The Kier molecular flexibility index (Phi) is 5.06. The molecular formula is C26H29ClO2S. The molecule has 0 saturated heterocycles. The third kappa shape index (κ3) is 3.24. The third-order valence-corrected chi connectivity index (χ3v) is 10.1. The second-order valence-corrected chi connectivity index (χ2v) is 11.9. The Bertz CT molecular complexity index is 948. The van der Waals surface area contributed by atoms with Crippen LogP contribution in [-0.2, 0) is 15.3 Å². The van der Waals surface area contributed by atoms with Crippen LogP contribution in [0.2, 0.25) is 5.02 Å². The fraction of sp³-hybridized carbons (Fsp3) is 0.538. The molecule has 3 fully saturated rings. The Morgan fingerprint density at radius 3 is 2.70 bits per heavy atom. The maximum absolute atomic E-state index is 13.6. The maximum Gasteiger partial charge on any atom is 0.178 e. The van der Waals surface area contributed by atoms with Crippen LogP contribution >= 0.6 is 23.4 Å². The normalized spacial score (nSPS) is 39.9. The van der Waals surface area contributed by atoms with Crippen molar-refractivity contribution in [2.75, 3.05) is 0 Å². The Morgan fingerprint density at radius 2 is 1.93 bits per heavy atom. The Balaban J connectivity index is 1.51. The summed E-state index contributed by atoms with van der Waals surface area (Å²) in [5.74, 6) is 2.39. The molecule has 2 nitrogen and oxygen atoms in total. The number of carbonyl (C=O) groups excluding carboxylic acids is 2. The van der Waals surface area contributed by atoms with E-state index in [1.165, 1.54) is 30.4 Å². The van der Waals surface area contributed by atoms with Crippen molar-refractivity contribution in [3.05, 3.63) is 58.7 Å². The van der Waals surface area contributed by atoms with Gasteiger partial charge in [-0.1, -0.05) is 55.7 Å². The lowest BCUT2D eigenvalue weighted by Crippen LogP contribution is -2.56. The van der Waals surface area contributed by atoms with Crippen molar-refractivity contribution in [2.45, 2.75) is 57.0 Å². The second-order valence-electron chi connectivity index (χ2n) is 10.2. The molecule has 0 N–H and O–H groups in total. The van der Waals surface area contributed by atoms with Crippen LogP contribution in [0, 0.1) is 28.6 Å². The van der Waals surface area contributed by atoms with Crippen LogP contribution in [0.1, 0.15) is 51.5 Å². The molecule has 1 aromatic rings. The molecule has 4 aliphatic carbocycles. The van der Waals surface area contributed by atoms with Gasteiger partial charge in [-0.2, -0.15) is 11.8 Å². The van der Waals surface area contributed by atoms with Gasteiger partial charge in [0.05, 0.1) is 0 Å². The molecule has 0 aromatic heterocycles. The van der Waals surface area contributed by atoms with E-state index in [1.54, 1.807) is 6.08 Å². The van der Waals surface area contributed by atoms with Gasteiger partial charge >= 0.3 is 0 Å². The van der Waals surface area contributed by atoms with E-state index >= 15 is 0 Å². The first kappa shape index (κ1) is 20.6. The fourth-order valence-corrected chi connectivity index (χ4v) is 8.52. The SMILES string of the molecule is C[C@@]12CCC[C@H]1[C@@H]1[C@H](SCc3ccc(Cl)cc3)CC3=CC(=O)C=C[C@]3(C)[C@H]1C(=O)C2. The van der Waals surface area contributed by atoms with Gasteiger partial charge in [0.2, 0.25) is 0 Å². The summed E-state index contributed by atoms with van der Waals surface area (Å²) < 4.78 is 0. The smallest absolute Gasteiger partial charge is 0.178 e. The summed E-state index contributed by atoms with van der Waals surface area (Å²) in [5.41, 5.74) is 2.29. The molecule has 30 heavy (non-hydrogen) atoms. The highest BCUT2D eigenvalue weighted by Gasteiger charge is 2.61. The van der Waals surface area contributed by atoms with E-state index in [0.29, 0.717) is 29.3 Å². The van der Waals surface area contributed by atoms with Crippen molar-refractivity contribution in [1.82, 2.24) is 0 Å². The molecule has 0 heterocycles. The molecule has 0 amide bonds. The van der Waals surface area contributed by atoms with Crippen LogP contribution in [0.3, 0.4) is 0 Å². The van der Waals surface area contributed by atoms with Crippen molar-refractivity contribution >= 4 is 34.9 Å². The van der Waals surface area contributed by atoms with Gasteiger partial charge in [0.15, 0.2) is 5.78 Å². The quantitative estimate of drug-likeness (QED) is 0.543. The van der Waals surface area contributed by atoms with Gasteiger partial charge < -0.3 is 0 Å². The molecule has 6 atom stereocenters. The Hall–Kier alpha value is -1.32. The lowest BCUT2D eigenvalue weighted by Gasteiger charge is -2.57. The van der Waals surface area contributed by atoms with Gasteiger partial charge in [-0.25, -0.2) is 0 Å². The number of fused-ring (bicyclic) bond motifs is 5. The highest BCUT2D eigenvalue weighted by atomic mass is 35.5. The van der Waals surface area contributed by atoms with Gasteiger partial charge in [-0.3, -0.25) is 9.59 Å². The zero-order valence-electron chi connectivity index (χ0n) is 17.7. The van der Waals surface area contributed by atoms with E-state index in [-0.39, 0.29) is 22.5 Å². The molecule has 1 aromatic carbocycles. The van der Waals surface area contributed by atoms with Gasteiger partial charge in [0.1, 0.15) is 5.78 Å². The number of Topliss-reactive ketones (excluding diaryl/α,β-unsaturated/α-hetero) is 1. The van der Waals surface area contributed by atoms with Crippen LogP contribution in [-0.4, -0.2) is 16.8 Å². The number of halogens is 1. The number of benzene rings is 1. The van der Waals surface area contributed by atoms with Gasteiger partial charge in [0, 0.05) is 33.8 Å². The highest BCUT2D eigenvalue weighted by Crippen LogP contribution is 2.65. The minimum Gasteiger partial charge on any atom is -0.299 e. The molecule has 0 radical (unpaired) electrons. The van der Waals surface area contributed by atoms with E-state index in [2.05, 4.69) is 32.1 Å². The van der Waals surface area contributed by atoms with Crippen LogP contribution in [0.4, 0.5) is 0 Å². The summed E-state index contributed by atoms with van der Waals surface area (Å²) in [4.78, 5) is 25.8. The summed E-state index contributed by atoms with van der Waals surface area (Å²) in [6.07, 6.45) is 10.8. The zero-order chi connectivity index (χ0) is 21.1. The lowest BCUT2D eigenvalue weighted by atomic mass is 9.48. The van der Waals surface area contributed by atoms with E-state index in [4.69, 9.17) is 11.6 Å². The predicted molar refractivity (Wildman–Crippen MR) is 124 cm³/mol. The fourth-order valence-electron chi connectivity index (χ4n) is 6.93. The van der Waals surface area contributed by atoms with Gasteiger partial charge in [-0.15, -0.1) is 0 Å². The third-order valence-electron chi connectivity index (χ3n) is 8.41. The first-order valence-electron chi connectivity index (χ1n) is 11.1. The molecule has 3 saturated carbocycles. The number of ketones is 2. The second kappa shape index (κ2) is 7.38. The summed E-state index contributed by atoms with van der Waals surface area (Å²) in [5, 5.41) is 1.13. The van der Waals surface area contributed by atoms with Gasteiger partial charge in [0.25, 0.3) is 0 Å². The number of hydrogen-bond acceptors (Lipinski definition) is 3. The summed E-state index contributed by atoms with van der Waals surface area (Å²) in [6, 6.07) is 8.09. The van der Waals surface area contributed by atoms with Crippen molar-refractivity contribution in [3.63, 3.8) is 0 Å². The van der Waals surface area contributed by atoms with E-state index in [9.17, 15) is 9.59 Å². The molecule has 0 unspecified atom stereocenters. The van der Waals surface area contributed by atoms with Crippen molar-refractivity contribution in [3.8, 4) is 0 Å². The first-order chi connectivity index (χ1) is 14.3. The number of thioether (sulfide) groups is 1. The maximum atomic E-state index is 13.6. The topological polar surface area (TPSA) is 34.1 Å². The largest absolute Gasteiger partial charge is 0.299 e. The lowest BCUT2D eigenvalue weighted by molar-refractivity contribution is -0.140. The molecular weight excluding hydrogens is 412 g/mol. The van der Waals surface area contributed by atoms with Crippen LogP contribution in [0.25, 0.3) is 0 Å². The van der Waals surface area contributed by atoms with Crippen molar-refractivity contribution in [1.29, 1.82) is 0 Å². The number of hydrogen-bond donors (Lipinski definition) is 0. The minimum absolute atomic E-state index is 0.000688. The summed E-state index contributed by atoms with van der Waals surface area (Å²) in [6.45, 7) is 4.56. The average Bonchev–Trinajstić information content (AvgIpc) is 3.09. The van der Waals surface area contributed by atoms with E-state index < -0.39 is 0 Å². The summed E-state index contributed by atoms with van der Waals surface area (Å²) in [7, 11) is 0. The van der Waals surface area contributed by atoms with Gasteiger partial charge in [-0.05, 0) is 66.4 Å². The summed E-state index contributed by atoms with van der Waals surface area (Å²) >= 11 is 8.04. The van der Waals surface area contributed by atoms with Crippen LogP contribution in [0.15, 0.2) is 48.1 Å². The van der Waals surface area contributed by atoms with E-state index in [1.807, 2.05) is 30.0 Å².